The summed E-state index contributed by atoms with van der Waals surface area (Å²) in [6, 6.07) is 0.671. The zero-order valence-electron chi connectivity index (χ0n) is 9.93. The summed E-state index contributed by atoms with van der Waals surface area (Å²) in [6.45, 7) is 3.26. The van der Waals surface area contributed by atoms with Gasteiger partial charge in [-0.05, 0) is 24.6 Å². The molecule has 2 unspecified atom stereocenters. The fourth-order valence-electron chi connectivity index (χ4n) is 2.43. The Morgan fingerprint density at radius 3 is 3.29 bits per heavy atom. The van der Waals surface area contributed by atoms with Gasteiger partial charge in [-0.2, -0.15) is 11.8 Å². The van der Waals surface area contributed by atoms with E-state index in [1.807, 2.05) is 0 Å². The minimum absolute atomic E-state index is 0.671. The van der Waals surface area contributed by atoms with Gasteiger partial charge in [-0.25, -0.2) is 4.98 Å². The lowest BCUT2D eigenvalue weighted by atomic mass is 9.98. The molecule has 5 heteroatoms. The summed E-state index contributed by atoms with van der Waals surface area (Å²) in [6.07, 6.45) is 5.37. The van der Waals surface area contributed by atoms with Gasteiger partial charge in [0.15, 0.2) is 4.96 Å². The number of hydrogen-bond donors (Lipinski definition) is 1. The number of hydrogen-bond acceptors (Lipinski definition) is 4. The fourth-order valence-corrected chi connectivity index (χ4v) is 4.58. The number of thiazole rings is 1. The van der Waals surface area contributed by atoms with Gasteiger partial charge in [0.1, 0.15) is 0 Å². The van der Waals surface area contributed by atoms with Crippen molar-refractivity contribution < 1.29 is 0 Å². The van der Waals surface area contributed by atoms with E-state index in [2.05, 4.69) is 51.2 Å². The summed E-state index contributed by atoms with van der Waals surface area (Å²) in [7, 11) is 0. The number of imidazole rings is 1. The molecule has 17 heavy (non-hydrogen) atoms. The molecule has 1 aliphatic rings. The number of aromatic nitrogens is 2. The second-order valence-corrected chi connectivity index (χ2v) is 6.44. The maximum absolute atomic E-state index is 4.68. The smallest absolute Gasteiger partial charge is 0.193 e. The Kier molecular flexibility index (Phi) is 3.40. The Hall–Kier alpha value is -0.520. The molecule has 2 atom stereocenters. The van der Waals surface area contributed by atoms with E-state index >= 15 is 0 Å². The van der Waals surface area contributed by atoms with Crippen LogP contribution in [0.5, 0.6) is 0 Å². The van der Waals surface area contributed by atoms with Gasteiger partial charge in [-0.1, -0.05) is 6.92 Å². The summed E-state index contributed by atoms with van der Waals surface area (Å²) >= 11 is 3.77. The highest BCUT2D eigenvalue weighted by molar-refractivity contribution is 7.99. The molecule has 92 valence electrons. The zero-order valence-corrected chi connectivity index (χ0v) is 11.6. The normalized spacial score (nSPS) is 24.8. The molecular formula is C12H17N3S2. The molecule has 1 saturated heterocycles. The number of fused-ring (bicyclic) bond motifs is 1. The molecule has 3 nitrogen and oxygen atoms in total. The molecule has 0 amide bonds. The van der Waals surface area contributed by atoms with Gasteiger partial charge >= 0.3 is 0 Å². The van der Waals surface area contributed by atoms with Crippen LogP contribution in [0.1, 0.15) is 12.6 Å². The average molecular weight is 267 g/mol. The van der Waals surface area contributed by atoms with Crippen molar-refractivity contribution in [2.24, 2.45) is 5.92 Å². The lowest BCUT2D eigenvalue weighted by molar-refractivity contribution is 0.431. The Morgan fingerprint density at radius 1 is 1.53 bits per heavy atom. The first-order valence-corrected chi connectivity index (χ1v) is 8.12. The second kappa shape index (κ2) is 5.00. The van der Waals surface area contributed by atoms with Gasteiger partial charge in [-0.15, -0.1) is 11.3 Å². The van der Waals surface area contributed by atoms with Crippen molar-refractivity contribution in [2.45, 2.75) is 19.4 Å². The predicted octanol–water partition coefficient (Wildman–Crippen LogP) is 2.28. The number of rotatable bonds is 4. The van der Waals surface area contributed by atoms with Crippen molar-refractivity contribution >= 4 is 28.1 Å². The summed E-state index contributed by atoms with van der Waals surface area (Å²) in [5.41, 5.74) is 1.24. The molecule has 0 aliphatic carbocycles. The largest absolute Gasteiger partial charge is 0.313 e. The third-order valence-corrected chi connectivity index (χ3v) is 5.31. The second-order valence-electron chi connectivity index (χ2n) is 4.49. The van der Waals surface area contributed by atoms with E-state index in [9.17, 15) is 0 Å². The molecule has 3 rings (SSSR count). The van der Waals surface area contributed by atoms with Crippen LogP contribution in [0.25, 0.3) is 4.96 Å². The fraction of sp³-hybridized carbons (Fsp3) is 0.583. The van der Waals surface area contributed by atoms with E-state index in [1.54, 1.807) is 11.3 Å². The lowest BCUT2D eigenvalue weighted by Crippen LogP contribution is -2.36. The Morgan fingerprint density at radius 2 is 2.47 bits per heavy atom. The highest BCUT2D eigenvalue weighted by Gasteiger charge is 2.27. The van der Waals surface area contributed by atoms with E-state index < -0.39 is 0 Å². The molecule has 0 bridgehead atoms. The van der Waals surface area contributed by atoms with Gasteiger partial charge in [0.25, 0.3) is 0 Å². The minimum atomic E-state index is 0.671. The molecule has 1 fully saturated rings. The zero-order chi connectivity index (χ0) is 11.7. The third kappa shape index (κ3) is 2.37. The molecule has 2 aromatic heterocycles. The summed E-state index contributed by atoms with van der Waals surface area (Å²) < 4.78 is 2.13. The number of thioether (sulfide) groups is 1. The van der Waals surface area contributed by atoms with E-state index in [0.29, 0.717) is 6.04 Å². The maximum Gasteiger partial charge on any atom is 0.193 e. The molecule has 0 saturated carbocycles. The van der Waals surface area contributed by atoms with E-state index in [0.717, 1.165) is 23.8 Å². The first-order chi connectivity index (χ1) is 8.36. The highest BCUT2D eigenvalue weighted by atomic mass is 32.2. The molecule has 0 aromatic carbocycles. The van der Waals surface area contributed by atoms with Crippen molar-refractivity contribution in [3.05, 3.63) is 23.5 Å². The van der Waals surface area contributed by atoms with E-state index in [1.165, 1.54) is 17.2 Å². The van der Waals surface area contributed by atoms with Crippen LogP contribution in [0.2, 0.25) is 0 Å². The molecule has 1 N–H and O–H groups in total. The predicted molar refractivity (Wildman–Crippen MR) is 75.1 cm³/mol. The topological polar surface area (TPSA) is 29.3 Å². The standard InChI is InChI=1S/C12H17N3S2/c1-2-13-11-8-16-7-9(11)5-10-6-15-3-4-17-12(15)14-10/h3-4,6,9,11,13H,2,5,7-8H2,1H3. The van der Waals surface area contributed by atoms with Crippen molar-refractivity contribution in [1.82, 2.24) is 14.7 Å². The van der Waals surface area contributed by atoms with Crippen LogP contribution < -0.4 is 5.32 Å². The van der Waals surface area contributed by atoms with Crippen LogP contribution >= 0.6 is 23.1 Å². The van der Waals surface area contributed by atoms with Crippen LogP contribution in [0.4, 0.5) is 0 Å². The minimum Gasteiger partial charge on any atom is -0.313 e. The molecule has 0 spiro atoms. The van der Waals surface area contributed by atoms with Gasteiger partial charge < -0.3 is 5.32 Å². The Bertz CT molecular complexity index is 462. The van der Waals surface area contributed by atoms with Gasteiger partial charge in [-0.3, -0.25) is 4.40 Å². The maximum atomic E-state index is 4.68. The summed E-state index contributed by atoms with van der Waals surface area (Å²) in [5, 5.41) is 5.67. The van der Waals surface area contributed by atoms with Crippen LogP contribution in [0.3, 0.4) is 0 Å². The Balaban J connectivity index is 1.71. The summed E-state index contributed by atoms with van der Waals surface area (Å²) in [4.78, 5) is 5.79. The molecule has 1 aliphatic heterocycles. The first kappa shape index (κ1) is 11.6. The monoisotopic (exact) mass is 267 g/mol. The molecule has 3 heterocycles. The van der Waals surface area contributed by atoms with Crippen LogP contribution in [-0.4, -0.2) is 33.5 Å². The Labute approximate surface area is 110 Å². The van der Waals surface area contributed by atoms with E-state index in [4.69, 9.17) is 0 Å². The van der Waals surface area contributed by atoms with Crippen molar-refractivity contribution in [3.63, 3.8) is 0 Å². The molecule has 2 aromatic rings. The number of nitrogens with one attached hydrogen (secondary N) is 1. The SMILES string of the molecule is CCNC1CSCC1Cc1cn2ccsc2n1. The lowest BCUT2D eigenvalue weighted by Gasteiger charge is -2.18. The van der Waals surface area contributed by atoms with Crippen LogP contribution in [0.15, 0.2) is 17.8 Å². The first-order valence-electron chi connectivity index (χ1n) is 6.09. The van der Waals surface area contributed by atoms with Gasteiger partial charge in [0.2, 0.25) is 0 Å². The van der Waals surface area contributed by atoms with Crippen molar-refractivity contribution in [2.75, 3.05) is 18.1 Å². The number of nitrogens with zero attached hydrogens (tertiary/aromatic N) is 2. The van der Waals surface area contributed by atoms with Gasteiger partial charge in [0, 0.05) is 29.6 Å². The van der Waals surface area contributed by atoms with Crippen LogP contribution in [-0.2, 0) is 6.42 Å². The van der Waals surface area contributed by atoms with Crippen LogP contribution in [0, 0.1) is 5.92 Å². The van der Waals surface area contributed by atoms with Crippen molar-refractivity contribution in [3.8, 4) is 0 Å². The highest BCUT2D eigenvalue weighted by Crippen LogP contribution is 2.27. The van der Waals surface area contributed by atoms with Crippen molar-refractivity contribution in [1.29, 1.82) is 0 Å². The molecule has 0 radical (unpaired) electrons. The third-order valence-electron chi connectivity index (χ3n) is 3.28. The quantitative estimate of drug-likeness (QED) is 0.921. The van der Waals surface area contributed by atoms with E-state index in [-0.39, 0.29) is 0 Å². The molecular weight excluding hydrogens is 250 g/mol. The van der Waals surface area contributed by atoms with Gasteiger partial charge in [0.05, 0.1) is 5.69 Å². The average Bonchev–Trinajstić information content (AvgIpc) is 2.95. The summed E-state index contributed by atoms with van der Waals surface area (Å²) in [5.74, 6) is 3.26.